The standard InChI is InChI=1S/C18H23FN4O2/c1-18(2,3)17(25)20-9-4-6-16(24)22-14-12-13(19)7-8-15(14)23-11-5-10-21-23/h5,7-8,10-12H,4,6,9H2,1-3H3,(H,20,25)(H,22,24). The van der Waals surface area contributed by atoms with Gasteiger partial charge in [-0.1, -0.05) is 20.8 Å². The first-order chi connectivity index (χ1) is 11.8. The Bertz CT molecular complexity index is 736. The molecule has 7 heteroatoms. The molecule has 0 saturated heterocycles. The van der Waals surface area contributed by atoms with Gasteiger partial charge in [-0.25, -0.2) is 9.07 Å². The van der Waals surface area contributed by atoms with Crippen molar-refractivity contribution in [1.29, 1.82) is 0 Å². The van der Waals surface area contributed by atoms with E-state index in [2.05, 4.69) is 15.7 Å². The van der Waals surface area contributed by atoms with Gasteiger partial charge in [-0.2, -0.15) is 5.10 Å². The third-order valence-electron chi connectivity index (χ3n) is 3.53. The summed E-state index contributed by atoms with van der Waals surface area (Å²) in [6.07, 6.45) is 4.04. The average molecular weight is 346 g/mol. The Hall–Kier alpha value is -2.70. The molecule has 25 heavy (non-hydrogen) atoms. The summed E-state index contributed by atoms with van der Waals surface area (Å²) >= 11 is 0. The van der Waals surface area contributed by atoms with Gasteiger partial charge in [0.25, 0.3) is 0 Å². The second-order valence-electron chi connectivity index (χ2n) is 6.77. The van der Waals surface area contributed by atoms with Crippen molar-refractivity contribution in [3.05, 3.63) is 42.5 Å². The number of carbonyl (C=O) groups is 2. The number of hydrogen-bond acceptors (Lipinski definition) is 3. The summed E-state index contributed by atoms with van der Waals surface area (Å²) in [6.45, 7) is 5.90. The van der Waals surface area contributed by atoms with E-state index in [0.717, 1.165) is 0 Å². The Balaban J connectivity index is 1.91. The minimum atomic E-state index is -0.456. The number of carbonyl (C=O) groups excluding carboxylic acids is 2. The number of aromatic nitrogens is 2. The van der Waals surface area contributed by atoms with Crippen LogP contribution < -0.4 is 10.6 Å². The molecule has 2 aromatic rings. The van der Waals surface area contributed by atoms with E-state index in [1.807, 2.05) is 20.8 Å². The van der Waals surface area contributed by atoms with Crippen LogP contribution in [0.25, 0.3) is 5.69 Å². The van der Waals surface area contributed by atoms with Gasteiger partial charge in [0.05, 0.1) is 11.4 Å². The Morgan fingerprint density at radius 2 is 2.04 bits per heavy atom. The number of anilines is 1. The van der Waals surface area contributed by atoms with Crippen LogP contribution in [0.1, 0.15) is 33.6 Å². The Kier molecular flexibility index (Phi) is 5.90. The lowest BCUT2D eigenvalue weighted by Crippen LogP contribution is -2.35. The highest BCUT2D eigenvalue weighted by atomic mass is 19.1. The fourth-order valence-corrected chi connectivity index (χ4v) is 2.15. The van der Waals surface area contributed by atoms with E-state index >= 15 is 0 Å². The van der Waals surface area contributed by atoms with E-state index in [0.29, 0.717) is 24.3 Å². The summed E-state index contributed by atoms with van der Waals surface area (Å²) < 4.78 is 15.1. The molecule has 0 aliphatic rings. The molecule has 0 atom stereocenters. The number of halogens is 1. The average Bonchev–Trinajstić information content (AvgIpc) is 3.04. The maximum atomic E-state index is 13.5. The molecular weight excluding hydrogens is 323 g/mol. The third kappa shape index (κ3) is 5.41. The van der Waals surface area contributed by atoms with Crippen LogP contribution in [-0.4, -0.2) is 28.1 Å². The van der Waals surface area contributed by atoms with E-state index < -0.39 is 11.2 Å². The molecule has 1 aromatic heterocycles. The van der Waals surface area contributed by atoms with Crippen LogP contribution in [0.5, 0.6) is 0 Å². The molecule has 0 bridgehead atoms. The van der Waals surface area contributed by atoms with Crippen molar-refractivity contribution in [2.45, 2.75) is 33.6 Å². The zero-order chi connectivity index (χ0) is 18.4. The van der Waals surface area contributed by atoms with Gasteiger partial charge < -0.3 is 10.6 Å². The van der Waals surface area contributed by atoms with Crippen LogP contribution in [0.2, 0.25) is 0 Å². The number of benzene rings is 1. The minimum Gasteiger partial charge on any atom is -0.356 e. The summed E-state index contributed by atoms with van der Waals surface area (Å²) in [5.74, 6) is -0.744. The molecule has 0 aliphatic carbocycles. The van der Waals surface area contributed by atoms with Gasteiger partial charge in [0.2, 0.25) is 11.8 Å². The second-order valence-corrected chi connectivity index (χ2v) is 6.77. The van der Waals surface area contributed by atoms with Crippen LogP contribution in [-0.2, 0) is 9.59 Å². The SMILES string of the molecule is CC(C)(C)C(=O)NCCCC(=O)Nc1cc(F)ccc1-n1cccn1. The largest absolute Gasteiger partial charge is 0.356 e. The van der Waals surface area contributed by atoms with Gasteiger partial charge >= 0.3 is 0 Å². The van der Waals surface area contributed by atoms with Gasteiger partial charge in [-0.15, -0.1) is 0 Å². The van der Waals surface area contributed by atoms with Crippen LogP contribution in [0.3, 0.4) is 0 Å². The number of amides is 2. The van der Waals surface area contributed by atoms with Crippen molar-refractivity contribution < 1.29 is 14.0 Å². The van der Waals surface area contributed by atoms with E-state index in [4.69, 9.17) is 0 Å². The number of hydrogen-bond donors (Lipinski definition) is 2. The van der Waals surface area contributed by atoms with E-state index in [1.165, 1.54) is 12.1 Å². The maximum Gasteiger partial charge on any atom is 0.225 e. The van der Waals surface area contributed by atoms with Crippen LogP contribution in [0, 0.1) is 11.2 Å². The highest BCUT2D eigenvalue weighted by Gasteiger charge is 2.20. The van der Waals surface area contributed by atoms with Gasteiger partial charge in [0.15, 0.2) is 0 Å². The normalized spacial score (nSPS) is 11.2. The third-order valence-corrected chi connectivity index (χ3v) is 3.53. The van der Waals surface area contributed by atoms with E-state index in [9.17, 15) is 14.0 Å². The Labute approximate surface area is 146 Å². The van der Waals surface area contributed by atoms with Crippen molar-refractivity contribution in [3.8, 4) is 5.69 Å². The minimum absolute atomic E-state index is 0.0565. The van der Waals surface area contributed by atoms with E-state index in [1.54, 1.807) is 29.2 Å². The fraction of sp³-hybridized carbons (Fsp3) is 0.389. The lowest BCUT2D eigenvalue weighted by Gasteiger charge is -2.17. The highest BCUT2D eigenvalue weighted by Crippen LogP contribution is 2.21. The van der Waals surface area contributed by atoms with Crippen molar-refractivity contribution >= 4 is 17.5 Å². The summed E-state index contributed by atoms with van der Waals surface area (Å²) in [7, 11) is 0. The predicted octanol–water partition coefficient (Wildman–Crippen LogP) is 2.89. The molecule has 6 nitrogen and oxygen atoms in total. The van der Waals surface area contributed by atoms with Crippen LogP contribution in [0.4, 0.5) is 10.1 Å². The second kappa shape index (κ2) is 7.92. The predicted molar refractivity (Wildman–Crippen MR) is 93.9 cm³/mol. The molecule has 0 radical (unpaired) electrons. The van der Waals surface area contributed by atoms with Gasteiger partial charge in [0, 0.05) is 30.8 Å². The first-order valence-electron chi connectivity index (χ1n) is 8.15. The highest BCUT2D eigenvalue weighted by molar-refractivity contribution is 5.92. The summed E-state index contributed by atoms with van der Waals surface area (Å²) in [6, 6.07) is 5.87. The number of nitrogens with zero attached hydrogens (tertiary/aromatic N) is 2. The van der Waals surface area contributed by atoms with Gasteiger partial charge in [0.1, 0.15) is 5.82 Å². The fourth-order valence-electron chi connectivity index (χ4n) is 2.15. The zero-order valence-corrected chi connectivity index (χ0v) is 14.7. The molecule has 2 amide bonds. The molecule has 0 fully saturated rings. The van der Waals surface area contributed by atoms with Crippen LogP contribution in [0.15, 0.2) is 36.7 Å². The molecule has 0 spiro atoms. The molecule has 0 saturated carbocycles. The Morgan fingerprint density at radius 1 is 1.28 bits per heavy atom. The van der Waals surface area contributed by atoms with Crippen molar-refractivity contribution in [2.24, 2.45) is 5.41 Å². The number of rotatable bonds is 6. The molecule has 1 heterocycles. The van der Waals surface area contributed by atoms with Gasteiger partial charge in [-0.3, -0.25) is 9.59 Å². The van der Waals surface area contributed by atoms with Crippen molar-refractivity contribution in [1.82, 2.24) is 15.1 Å². The molecule has 2 rings (SSSR count). The molecule has 0 unspecified atom stereocenters. The maximum absolute atomic E-state index is 13.5. The molecule has 0 aliphatic heterocycles. The topological polar surface area (TPSA) is 76.0 Å². The monoisotopic (exact) mass is 346 g/mol. The molecule has 1 aromatic carbocycles. The zero-order valence-electron chi connectivity index (χ0n) is 14.7. The van der Waals surface area contributed by atoms with Crippen LogP contribution >= 0.6 is 0 Å². The smallest absolute Gasteiger partial charge is 0.225 e. The number of nitrogens with one attached hydrogen (secondary N) is 2. The summed E-state index contributed by atoms with van der Waals surface area (Å²) in [4.78, 5) is 23.9. The first kappa shape index (κ1) is 18.6. The Morgan fingerprint density at radius 3 is 2.68 bits per heavy atom. The first-order valence-corrected chi connectivity index (χ1v) is 8.15. The molecular formula is C18H23FN4O2. The van der Waals surface area contributed by atoms with Gasteiger partial charge in [-0.05, 0) is 30.7 Å². The molecule has 2 N–H and O–H groups in total. The lowest BCUT2D eigenvalue weighted by molar-refractivity contribution is -0.128. The van der Waals surface area contributed by atoms with E-state index in [-0.39, 0.29) is 18.2 Å². The summed E-state index contributed by atoms with van der Waals surface area (Å²) in [5.41, 5.74) is 0.482. The summed E-state index contributed by atoms with van der Waals surface area (Å²) in [5, 5.41) is 9.59. The van der Waals surface area contributed by atoms with Crippen molar-refractivity contribution in [3.63, 3.8) is 0 Å². The quantitative estimate of drug-likeness (QED) is 0.790. The lowest BCUT2D eigenvalue weighted by atomic mass is 9.96. The van der Waals surface area contributed by atoms with Crippen molar-refractivity contribution in [2.75, 3.05) is 11.9 Å². The molecule has 134 valence electrons.